The minimum atomic E-state index is -0.0355. The molecule has 2 heterocycles. The summed E-state index contributed by atoms with van der Waals surface area (Å²) in [5.41, 5.74) is 2.67. The molecular formula is C17H24N4O. The van der Waals surface area contributed by atoms with Crippen molar-refractivity contribution in [1.82, 2.24) is 14.5 Å². The second kappa shape index (κ2) is 5.38. The summed E-state index contributed by atoms with van der Waals surface area (Å²) in [6, 6.07) is 4.34. The molecule has 118 valence electrons. The van der Waals surface area contributed by atoms with Crippen LogP contribution in [0.5, 0.6) is 0 Å². The molecule has 3 rings (SSSR count). The van der Waals surface area contributed by atoms with E-state index in [0.717, 1.165) is 29.7 Å². The van der Waals surface area contributed by atoms with Crippen LogP contribution in [0.4, 0.5) is 5.95 Å². The fourth-order valence-corrected chi connectivity index (χ4v) is 2.80. The van der Waals surface area contributed by atoms with Gasteiger partial charge in [0.2, 0.25) is 11.9 Å². The lowest BCUT2D eigenvalue weighted by atomic mass is 9.92. The zero-order valence-corrected chi connectivity index (χ0v) is 13.8. The van der Waals surface area contributed by atoms with Gasteiger partial charge in [0.25, 0.3) is 0 Å². The molecule has 0 bridgehead atoms. The zero-order valence-electron chi connectivity index (χ0n) is 13.8. The zero-order chi connectivity index (χ0) is 15.9. The normalized spacial score (nSPS) is 15.8. The predicted octanol–water partition coefficient (Wildman–Crippen LogP) is 3.84. The summed E-state index contributed by atoms with van der Waals surface area (Å²) >= 11 is 0. The van der Waals surface area contributed by atoms with Gasteiger partial charge in [0, 0.05) is 18.2 Å². The minimum absolute atomic E-state index is 0.0140. The summed E-state index contributed by atoms with van der Waals surface area (Å²) in [5, 5.41) is 3.00. The van der Waals surface area contributed by atoms with Crippen molar-refractivity contribution in [3.8, 4) is 0 Å². The van der Waals surface area contributed by atoms with E-state index >= 15 is 0 Å². The predicted molar refractivity (Wildman–Crippen MR) is 87.9 cm³/mol. The second-order valence-corrected chi connectivity index (χ2v) is 7.47. The van der Waals surface area contributed by atoms with Crippen molar-refractivity contribution in [2.24, 2.45) is 5.41 Å². The molecule has 1 amide bonds. The molecule has 0 radical (unpaired) electrons. The van der Waals surface area contributed by atoms with E-state index in [1.54, 1.807) is 0 Å². The number of hydrogen-bond donors (Lipinski definition) is 1. The Hall–Kier alpha value is -1.91. The summed E-state index contributed by atoms with van der Waals surface area (Å²) in [5.74, 6) is 0.659. The molecule has 1 aliphatic rings. The fraction of sp³-hybridized carbons (Fsp3) is 0.588. The number of amides is 1. The van der Waals surface area contributed by atoms with Gasteiger partial charge in [-0.2, -0.15) is 0 Å². The molecule has 1 saturated carbocycles. The Balaban J connectivity index is 1.96. The molecule has 0 unspecified atom stereocenters. The van der Waals surface area contributed by atoms with Crippen molar-refractivity contribution < 1.29 is 4.79 Å². The van der Waals surface area contributed by atoms with Crippen LogP contribution in [0.25, 0.3) is 11.2 Å². The average molecular weight is 300 g/mol. The Morgan fingerprint density at radius 2 is 2.05 bits per heavy atom. The Morgan fingerprint density at radius 3 is 2.64 bits per heavy atom. The van der Waals surface area contributed by atoms with E-state index in [9.17, 15) is 4.79 Å². The molecule has 5 heteroatoms. The molecule has 1 aliphatic carbocycles. The maximum Gasteiger partial charge on any atom is 0.227 e. The van der Waals surface area contributed by atoms with Crippen molar-refractivity contribution in [2.45, 2.75) is 59.4 Å². The molecule has 0 aromatic carbocycles. The van der Waals surface area contributed by atoms with Crippen LogP contribution >= 0.6 is 0 Å². The van der Waals surface area contributed by atoms with Gasteiger partial charge in [-0.1, -0.05) is 20.8 Å². The molecule has 2 aromatic rings. The van der Waals surface area contributed by atoms with Crippen LogP contribution in [0.15, 0.2) is 12.1 Å². The molecule has 1 fully saturated rings. The molecule has 0 spiro atoms. The largest absolute Gasteiger partial charge is 0.296 e. The molecule has 2 aromatic heterocycles. The molecule has 0 aliphatic heterocycles. The Kier molecular flexibility index (Phi) is 3.67. The standard InChI is InChI=1S/C17H24N4O/c1-11-8-9-13-15(18-11)21(12-6-5-7-12)16(19-13)20-14(22)10-17(2,3)4/h8-9,12H,5-7,10H2,1-4H3,(H,19,20,22). The van der Waals surface area contributed by atoms with Crippen LogP contribution in [0, 0.1) is 12.3 Å². The molecule has 0 atom stereocenters. The lowest BCUT2D eigenvalue weighted by Crippen LogP contribution is -2.24. The first kappa shape index (κ1) is 15.0. The maximum atomic E-state index is 12.3. The van der Waals surface area contributed by atoms with Crippen molar-refractivity contribution >= 4 is 23.0 Å². The Bertz CT molecular complexity index is 707. The third kappa shape index (κ3) is 2.98. The Labute approximate surface area is 131 Å². The van der Waals surface area contributed by atoms with Crippen LogP contribution in [0.3, 0.4) is 0 Å². The van der Waals surface area contributed by atoms with Crippen LogP contribution in [-0.2, 0) is 4.79 Å². The van der Waals surface area contributed by atoms with Crippen LogP contribution < -0.4 is 5.32 Å². The highest BCUT2D eigenvalue weighted by Crippen LogP contribution is 2.36. The summed E-state index contributed by atoms with van der Waals surface area (Å²) < 4.78 is 2.12. The summed E-state index contributed by atoms with van der Waals surface area (Å²) in [4.78, 5) is 21.5. The average Bonchev–Trinajstić information content (AvgIpc) is 2.63. The Morgan fingerprint density at radius 1 is 1.32 bits per heavy atom. The highest BCUT2D eigenvalue weighted by atomic mass is 16.1. The second-order valence-electron chi connectivity index (χ2n) is 7.47. The number of fused-ring (bicyclic) bond motifs is 1. The number of carbonyl (C=O) groups excluding carboxylic acids is 1. The number of hydrogen-bond acceptors (Lipinski definition) is 3. The number of pyridine rings is 1. The van der Waals surface area contributed by atoms with Crippen LogP contribution in [0.1, 0.15) is 58.2 Å². The van der Waals surface area contributed by atoms with Crippen molar-refractivity contribution in [3.05, 3.63) is 17.8 Å². The first-order valence-corrected chi connectivity index (χ1v) is 7.99. The number of aryl methyl sites for hydroxylation is 1. The third-order valence-electron chi connectivity index (χ3n) is 4.06. The topological polar surface area (TPSA) is 59.8 Å². The number of imidazole rings is 1. The lowest BCUT2D eigenvalue weighted by Gasteiger charge is -2.28. The van der Waals surface area contributed by atoms with Gasteiger partial charge in [-0.25, -0.2) is 9.97 Å². The fourth-order valence-electron chi connectivity index (χ4n) is 2.80. The first-order chi connectivity index (χ1) is 10.3. The minimum Gasteiger partial charge on any atom is -0.296 e. The number of aromatic nitrogens is 3. The summed E-state index contributed by atoms with van der Waals surface area (Å²) in [7, 11) is 0. The molecule has 1 N–H and O–H groups in total. The third-order valence-corrected chi connectivity index (χ3v) is 4.06. The molecule has 0 saturated heterocycles. The van der Waals surface area contributed by atoms with Gasteiger partial charge in [-0.05, 0) is 43.7 Å². The van der Waals surface area contributed by atoms with E-state index < -0.39 is 0 Å². The van der Waals surface area contributed by atoms with E-state index in [-0.39, 0.29) is 11.3 Å². The van der Waals surface area contributed by atoms with E-state index in [1.165, 1.54) is 6.42 Å². The number of anilines is 1. The van der Waals surface area contributed by atoms with Crippen molar-refractivity contribution in [2.75, 3.05) is 5.32 Å². The number of rotatable bonds is 3. The van der Waals surface area contributed by atoms with Crippen molar-refractivity contribution in [1.29, 1.82) is 0 Å². The quantitative estimate of drug-likeness (QED) is 0.937. The molecular weight excluding hydrogens is 276 g/mol. The smallest absolute Gasteiger partial charge is 0.227 e. The van der Waals surface area contributed by atoms with Crippen molar-refractivity contribution in [3.63, 3.8) is 0 Å². The van der Waals surface area contributed by atoms with E-state index in [2.05, 4.69) is 40.6 Å². The number of nitrogens with zero attached hydrogens (tertiary/aromatic N) is 3. The highest BCUT2D eigenvalue weighted by Gasteiger charge is 2.27. The molecule has 22 heavy (non-hydrogen) atoms. The number of nitrogens with one attached hydrogen (secondary N) is 1. The highest BCUT2D eigenvalue weighted by molar-refractivity contribution is 5.91. The van der Waals surface area contributed by atoms with E-state index in [1.807, 2.05) is 19.1 Å². The SMILES string of the molecule is Cc1ccc2nc(NC(=O)CC(C)(C)C)n(C3CCC3)c2n1. The van der Waals surface area contributed by atoms with E-state index in [4.69, 9.17) is 0 Å². The lowest BCUT2D eigenvalue weighted by molar-refractivity contribution is -0.117. The number of carbonyl (C=O) groups is 1. The van der Waals surface area contributed by atoms with Gasteiger partial charge in [-0.3, -0.25) is 14.7 Å². The summed E-state index contributed by atoms with van der Waals surface area (Å²) in [6.07, 6.45) is 3.96. The first-order valence-electron chi connectivity index (χ1n) is 7.99. The maximum absolute atomic E-state index is 12.3. The monoisotopic (exact) mass is 300 g/mol. The summed E-state index contributed by atoms with van der Waals surface area (Å²) in [6.45, 7) is 8.17. The van der Waals surface area contributed by atoms with Crippen LogP contribution in [-0.4, -0.2) is 20.4 Å². The van der Waals surface area contributed by atoms with Gasteiger partial charge in [0.15, 0.2) is 5.65 Å². The van der Waals surface area contributed by atoms with Gasteiger partial charge < -0.3 is 0 Å². The van der Waals surface area contributed by atoms with Gasteiger partial charge in [0.05, 0.1) is 0 Å². The van der Waals surface area contributed by atoms with Crippen LogP contribution in [0.2, 0.25) is 0 Å². The molecule has 5 nitrogen and oxygen atoms in total. The van der Waals surface area contributed by atoms with Gasteiger partial charge in [0.1, 0.15) is 5.52 Å². The van der Waals surface area contributed by atoms with E-state index in [0.29, 0.717) is 18.4 Å². The van der Waals surface area contributed by atoms with Gasteiger partial charge >= 0.3 is 0 Å². The van der Waals surface area contributed by atoms with Gasteiger partial charge in [-0.15, -0.1) is 0 Å².